The first-order chi connectivity index (χ1) is 13.0. The fourth-order valence-electron chi connectivity index (χ4n) is 2.48. The van der Waals surface area contributed by atoms with Crippen molar-refractivity contribution in [2.24, 2.45) is 0 Å². The van der Waals surface area contributed by atoms with E-state index in [2.05, 4.69) is 57.3 Å². The Balaban J connectivity index is 1.73. The van der Waals surface area contributed by atoms with E-state index in [0.29, 0.717) is 11.7 Å². The van der Waals surface area contributed by atoms with Gasteiger partial charge in [-0.2, -0.15) is 0 Å². The van der Waals surface area contributed by atoms with E-state index < -0.39 is 0 Å². The second kappa shape index (κ2) is 8.86. The molecule has 0 spiro atoms. The second-order valence-corrected chi connectivity index (χ2v) is 8.82. The molecule has 27 heavy (non-hydrogen) atoms. The number of carbonyl (C=O) groups excluding carboxylic acids is 1. The third-order valence-corrected chi connectivity index (χ3v) is 6.52. The van der Waals surface area contributed by atoms with E-state index in [1.807, 2.05) is 34.9 Å². The van der Waals surface area contributed by atoms with Gasteiger partial charge in [0.15, 0.2) is 11.0 Å². The molecule has 0 fully saturated rings. The summed E-state index contributed by atoms with van der Waals surface area (Å²) in [6, 6.07) is 7.49. The fraction of sp³-hybridized carbons (Fsp3) is 0.211. The highest BCUT2D eigenvalue weighted by atomic mass is 79.9. The summed E-state index contributed by atoms with van der Waals surface area (Å²) >= 11 is 6.45. The van der Waals surface area contributed by atoms with Crippen LogP contribution in [0.5, 0.6) is 0 Å². The van der Waals surface area contributed by atoms with Gasteiger partial charge in [0, 0.05) is 32.5 Å². The summed E-state index contributed by atoms with van der Waals surface area (Å²) in [6.45, 7) is 8.61. The number of nitrogens with one attached hydrogen (secondary N) is 1. The number of thioether (sulfide) groups is 1. The van der Waals surface area contributed by atoms with E-state index >= 15 is 0 Å². The van der Waals surface area contributed by atoms with Gasteiger partial charge in [-0.3, -0.25) is 9.36 Å². The molecule has 5 nitrogen and oxygen atoms in total. The molecule has 1 aromatic carbocycles. The van der Waals surface area contributed by atoms with Crippen molar-refractivity contribution < 1.29 is 4.79 Å². The summed E-state index contributed by atoms with van der Waals surface area (Å²) in [6.07, 6.45) is 1.81. The van der Waals surface area contributed by atoms with E-state index in [9.17, 15) is 4.79 Å². The van der Waals surface area contributed by atoms with Crippen molar-refractivity contribution in [1.82, 2.24) is 14.8 Å². The molecule has 2 heterocycles. The maximum Gasteiger partial charge on any atom is 0.234 e. The molecule has 3 rings (SSSR count). The molecular weight excluding hydrogens is 444 g/mol. The molecule has 0 bridgehead atoms. The number of allylic oxidation sites excluding steroid dienone is 1. The quantitative estimate of drug-likeness (QED) is 0.382. The van der Waals surface area contributed by atoms with Crippen LogP contribution in [0.1, 0.15) is 10.4 Å². The largest absolute Gasteiger partial charge is 0.325 e. The van der Waals surface area contributed by atoms with Gasteiger partial charge in [0.05, 0.1) is 5.75 Å². The van der Waals surface area contributed by atoms with Crippen LogP contribution in [0.15, 0.2) is 51.9 Å². The molecule has 0 atom stereocenters. The Bertz CT molecular complexity index is 963. The maximum absolute atomic E-state index is 12.3. The SMILES string of the molecule is C=CCn1c(SCC(=O)Nc2ccc(Br)cc2)nnc1-c1csc(C)c1C. The number of amides is 1. The highest BCUT2D eigenvalue weighted by molar-refractivity contribution is 9.10. The summed E-state index contributed by atoms with van der Waals surface area (Å²) < 4.78 is 2.97. The Morgan fingerprint density at radius 2 is 2.07 bits per heavy atom. The monoisotopic (exact) mass is 462 g/mol. The summed E-state index contributed by atoms with van der Waals surface area (Å²) in [7, 11) is 0. The number of carbonyl (C=O) groups is 1. The van der Waals surface area contributed by atoms with Gasteiger partial charge in [-0.25, -0.2) is 0 Å². The number of hydrogen-bond acceptors (Lipinski definition) is 5. The number of benzene rings is 1. The zero-order valence-corrected chi connectivity index (χ0v) is 18.2. The summed E-state index contributed by atoms with van der Waals surface area (Å²) in [5.74, 6) is 0.986. The van der Waals surface area contributed by atoms with Crippen LogP contribution >= 0.6 is 39.0 Å². The van der Waals surface area contributed by atoms with Crippen LogP contribution in [0.2, 0.25) is 0 Å². The summed E-state index contributed by atoms with van der Waals surface area (Å²) in [5.41, 5.74) is 3.06. The number of anilines is 1. The second-order valence-electron chi connectivity index (χ2n) is 5.88. The molecule has 0 unspecified atom stereocenters. The molecule has 1 amide bonds. The molecule has 140 valence electrons. The van der Waals surface area contributed by atoms with Crippen LogP contribution in [0.4, 0.5) is 5.69 Å². The first-order valence-corrected chi connectivity index (χ1v) is 10.9. The minimum absolute atomic E-state index is 0.0837. The lowest BCUT2D eigenvalue weighted by Crippen LogP contribution is -2.14. The Hall–Kier alpha value is -1.90. The van der Waals surface area contributed by atoms with Crippen molar-refractivity contribution in [1.29, 1.82) is 0 Å². The molecule has 2 aromatic heterocycles. The Labute approximate surface area is 175 Å². The predicted octanol–water partition coefficient (Wildman–Crippen LogP) is 5.30. The molecule has 0 saturated heterocycles. The maximum atomic E-state index is 12.3. The Morgan fingerprint density at radius 3 is 2.70 bits per heavy atom. The van der Waals surface area contributed by atoms with E-state index in [0.717, 1.165) is 21.5 Å². The molecule has 0 saturated carbocycles. The van der Waals surface area contributed by atoms with Gasteiger partial charge in [0.2, 0.25) is 5.91 Å². The number of aromatic nitrogens is 3. The number of nitrogens with zero attached hydrogens (tertiary/aromatic N) is 3. The number of hydrogen-bond donors (Lipinski definition) is 1. The number of aryl methyl sites for hydroxylation is 1. The van der Waals surface area contributed by atoms with Crippen molar-refractivity contribution in [2.75, 3.05) is 11.1 Å². The highest BCUT2D eigenvalue weighted by Gasteiger charge is 2.18. The molecule has 0 aliphatic rings. The van der Waals surface area contributed by atoms with Crippen molar-refractivity contribution in [3.05, 3.63) is 57.2 Å². The average Bonchev–Trinajstić information content (AvgIpc) is 3.19. The number of rotatable bonds is 7. The lowest BCUT2D eigenvalue weighted by atomic mass is 10.1. The van der Waals surface area contributed by atoms with Crippen LogP contribution in [0.25, 0.3) is 11.4 Å². The van der Waals surface area contributed by atoms with Gasteiger partial charge in [-0.1, -0.05) is 33.8 Å². The van der Waals surface area contributed by atoms with Crippen LogP contribution in [-0.4, -0.2) is 26.4 Å². The van der Waals surface area contributed by atoms with Crippen molar-refractivity contribution in [3.63, 3.8) is 0 Å². The van der Waals surface area contributed by atoms with Gasteiger partial charge in [0.25, 0.3) is 0 Å². The van der Waals surface area contributed by atoms with E-state index in [4.69, 9.17) is 0 Å². The van der Waals surface area contributed by atoms with Gasteiger partial charge in [-0.15, -0.1) is 28.1 Å². The standard InChI is InChI=1S/C19H19BrN4OS2/c1-4-9-24-18(16-10-26-13(3)12(16)2)22-23-19(24)27-11-17(25)21-15-7-5-14(20)6-8-15/h4-8,10H,1,9,11H2,2-3H3,(H,21,25). The Morgan fingerprint density at radius 1 is 1.33 bits per heavy atom. The van der Waals surface area contributed by atoms with Gasteiger partial charge >= 0.3 is 0 Å². The number of halogens is 1. The van der Waals surface area contributed by atoms with Crippen LogP contribution < -0.4 is 5.32 Å². The lowest BCUT2D eigenvalue weighted by Gasteiger charge is -2.08. The van der Waals surface area contributed by atoms with Gasteiger partial charge in [0.1, 0.15) is 0 Å². The number of thiophene rings is 1. The molecule has 8 heteroatoms. The van der Waals surface area contributed by atoms with Gasteiger partial charge < -0.3 is 5.32 Å². The summed E-state index contributed by atoms with van der Waals surface area (Å²) in [4.78, 5) is 13.5. The highest BCUT2D eigenvalue weighted by Crippen LogP contribution is 2.31. The zero-order valence-electron chi connectivity index (χ0n) is 15.0. The smallest absolute Gasteiger partial charge is 0.234 e. The fourth-order valence-corrected chi connectivity index (χ4v) is 4.36. The summed E-state index contributed by atoms with van der Waals surface area (Å²) in [5, 5.41) is 14.4. The van der Waals surface area contributed by atoms with Crippen LogP contribution in [0, 0.1) is 13.8 Å². The van der Waals surface area contributed by atoms with Crippen molar-refractivity contribution in [3.8, 4) is 11.4 Å². The first-order valence-electron chi connectivity index (χ1n) is 8.27. The molecule has 1 N–H and O–H groups in total. The molecular formula is C19H19BrN4OS2. The predicted molar refractivity (Wildman–Crippen MR) is 117 cm³/mol. The zero-order chi connectivity index (χ0) is 19.4. The first kappa shape index (κ1) is 19.9. The lowest BCUT2D eigenvalue weighted by molar-refractivity contribution is -0.113. The minimum Gasteiger partial charge on any atom is -0.325 e. The van der Waals surface area contributed by atoms with Crippen LogP contribution in [0.3, 0.4) is 0 Å². The van der Waals surface area contributed by atoms with Crippen molar-refractivity contribution in [2.45, 2.75) is 25.5 Å². The van der Waals surface area contributed by atoms with Crippen molar-refractivity contribution >= 4 is 50.6 Å². The van der Waals surface area contributed by atoms with E-state index in [1.165, 1.54) is 22.2 Å². The third kappa shape index (κ3) is 4.69. The Kier molecular flexibility index (Phi) is 6.51. The normalized spacial score (nSPS) is 10.8. The minimum atomic E-state index is -0.0837. The molecule has 3 aromatic rings. The third-order valence-electron chi connectivity index (χ3n) is 4.02. The van der Waals surface area contributed by atoms with E-state index in [1.54, 1.807) is 11.3 Å². The van der Waals surface area contributed by atoms with Crippen LogP contribution in [-0.2, 0) is 11.3 Å². The van der Waals surface area contributed by atoms with Gasteiger partial charge in [-0.05, 0) is 43.7 Å². The van der Waals surface area contributed by atoms with E-state index in [-0.39, 0.29) is 11.7 Å². The average molecular weight is 463 g/mol. The molecule has 0 aliphatic heterocycles. The molecule has 0 aliphatic carbocycles. The molecule has 0 radical (unpaired) electrons. The topological polar surface area (TPSA) is 59.8 Å².